The first-order chi connectivity index (χ1) is 14.1. The molecule has 1 saturated heterocycles. The Labute approximate surface area is 174 Å². The van der Waals surface area contributed by atoms with Crippen molar-refractivity contribution in [1.29, 1.82) is 0 Å². The number of nitrogens with zero attached hydrogens (tertiary/aromatic N) is 3. The van der Waals surface area contributed by atoms with Gasteiger partial charge in [-0.15, -0.1) is 0 Å². The lowest BCUT2D eigenvalue weighted by atomic mass is 10.1. The van der Waals surface area contributed by atoms with E-state index < -0.39 is 11.5 Å². The molecule has 3 heterocycles. The molecule has 2 aromatic heterocycles. The van der Waals surface area contributed by atoms with Crippen LogP contribution in [0.5, 0.6) is 5.88 Å². The number of nitrogens with two attached hydrogens (primary N) is 1. The minimum atomic E-state index is -0.509. The van der Waals surface area contributed by atoms with Gasteiger partial charge in [-0.05, 0) is 40.2 Å². The van der Waals surface area contributed by atoms with Crippen molar-refractivity contribution >= 4 is 23.6 Å². The Morgan fingerprint density at radius 3 is 2.73 bits per heavy atom. The van der Waals surface area contributed by atoms with Gasteiger partial charge in [0.2, 0.25) is 11.8 Å². The number of hydrogen-bond acceptors (Lipinski definition) is 8. The van der Waals surface area contributed by atoms with Crippen LogP contribution in [-0.4, -0.2) is 52.3 Å². The Morgan fingerprint density at radius 1 is 1.37 bits per heavy atom. The van der Waals surface area contributed by atoms with Crippen molar-refractivity contribution in [2.45, 2.75) is 39.7 Å². The summed E-state index contributed by atoms with van der Waals surface area (Å²) in [7, 11) is 0. The maximum atomic E-state index is 12.3. The Balaban J connectivity index is 1.47. The highest BCUT2D eigenvalue weighted by Crippen LogP contribution is 2.22. The van der Waals surface area contributed by atoms with Gasteiger partial charge in [0.25, 0.3) is 5.91 Å². The molecule has 0 bridgehead atoms. The Kier molecular flexibility index (Phi) is 6.14. The molecule has 0 saturated carbocycles. The number of carbonyl (C=O) groups excluding carboxylic acids is 2. The van der Waals surface area contributed by atoms with E-state index >= 15 is 0 Å². The van der Waals surface area contributed by atoms with Crippen LogP contribution in [0.4, 0.5) is 16.4 Å². The van der Waals surface area contributed by atoms with Crippen LogP contribution < -0.4 is 15.8 Å². The van der Waals surface area contributed by atoms with Gasteiger partial charge in [0, 0.05) is 25.1 Å². The molecular formula is C20H27N5O5. The normalized spacial score (nSPS) is 16.4. The highest BCUT2D eigenvalue weighted by Gasteiger charge is 2.30. The van der Waals surface area contributed by atoms with Crippen molar-refractivity contribution in [2.24, 2.45) is 5.92 Å². The van der Waals surface area contributed by atoms with E-state index in [0.717, 1.165) is 6.42 Å². The number of rotatable bonds is 5. The van der Waals surface area contributed by atoms with Crippen LogP contribution >= 0.6 is 0 Å². The van der Waals surface area contributed by atoms with Crippen molar-refractivity contribution in [2.75, 3.05) is 30.7 Å². The fourth-order valence-electron chi connectivity index (χ4n) is 3.06. The molecule has 162 valence electrons. The predicted molar refractivity (Wildman–Crippen MR) is 109 cm³/mol. The summed E-state index contributed by atoms with van der Waals surface area (Å²) in [5.41, 5.74) is 6.21. The maximum Gasteiger partial charge on any atom is 0.410 e. The molecule has 1 aliphatic rings. The molecular weight excluding hydrogens is 390 g/mol. The maximum absolute atomic E-state index is 12.3. The SMILES string of the molecule is Cc1noc(N)c1C(=O)Nc1ccc(OC[C@H]2CCN(C(=O)OC(C)(C)C)C2)nc1. The second kappa shape index (κ2) is 8.60. The molecule has 2 amide bonds. The van der Waals surface area contributed by atoms with Crippen LogP contribution in [0, 0.1) is 12.8 Å². The van der Waals surface area contributed by atoms with E-state index in [9.17, 15) is 9.59 Å². The molecule has 0 spiro atoms. The average molecular weight is 417 g/mol. The number of aryl methyl sites for hydroxylation is 1. The monoisotopic (exact) mass is 417 g/mol. The highest BCUT2D eigenvalue weighted by molar-refractivity contribution is 6.07. The van der Waals surface area contributed by atoms with E-state index in [2.05, 4.69) is 15.5 Å². The number of amides is 2. The molecule has 1 fully saturated rings. The summed E-state index contributed by atoms with van der Waals surface area (Å²) in [4.78, 5) is 30.3. The summed E-state index contributed by atoms with van der Waals surface area (Å²) in [6.07, 6.45) is 2.03. The standard InChI is InChI=1S/C20H27N5O5/c1-12-16(17(21)30-24-12)18(26)23-14-5-6-15(22-9-14)28-11-13-7-8-25(10-13)19(27)29-20(2,3)4/h5-6,9,13H,7-8,10-11,21H2,1-4H3,(H,23,26)/t13-/m0/s1. The second-order valence-corrected chi connectivity index (χ2v) is 8.24. The van der Waals surface area contributed by atoms with Gasteiger partial charge in [-0.2, -0.15) is 0 Å². The molecule has 0 radical (unpaired) electrons. The van der Waals surface area contributed by atoms with E-state index in [-0.39, 0.29) is 23.5 Å². The van der Waals surface area contributed by atoms with E-state index in [1.807, 2.05) is 20.8 Å². The van der Waals surface area contributed by atoms with Crippen LogP contribution in [0.1, 0.15) is 43.2 Å². The quantitative estimate of drug-likeness (QED) is 0.759. The number of anilines is 2. The number of ether oxygens (including phenoxy) is 2. The minimum Gasteiger partial charge on any atom is -0.477 e. The zero-order valence-corrected chi connectivity index (χ0v) is 17.6. The lowest BCUT2D eigenvalue weighted by Crippen LogP contribution is -2.35. The van der Waals surface area contributed by atoms with Crippen molar-refractivity contribution in [3.8, 4) is 5.88 Å². The third-order valence-electron chi connectivity index (χ3n) is 4.51. The number of pyridine rings is 1. The van der Waals surface area contributed by atoms with Crippen LogP contribution in [-0.2, 0) is 4.74 Å². The molecule has 0 aliphatic carbocycles. The van der Waals surface area contributed by atoms with E-state index in [1.165, 1.54) is 6.20 Å². The summed E-state index contributed by atoms with van der Waals surface area (Å²) in [6, 6.07) is 3.35. The smallest absolute Gasteiger partial charge is 0.410 e. The Bertz CT molecular complexity index is 884. The molecule has 10 heteroatoms. The summed E-state index contributed by atoms with van der Waals surface area (Å²) < 4.78 is 15.9. The molecule has 10 nitrogen and oxygen atoms in total. The van der Waals surface area contributed by atoms with Gasteiger partial charge in [-0.3, -0.25) is 4.79 Å². The zero-order chi connectivity index (χ0) is 21.9. The Hall–Kier alpha value is -3.30. The van der Waals surface area contributed by atoms with Crippen LogP contribution in [0.3, 0.4) is 0 Å². The highest BCUT2D eigenvalue weighted by atomic mass is 16.6. The fraction of sp³-hybridized carbons (Fsp3) is 0.500. The largest absolute Gasteiger partial charge is 0.477 e. The van der Waals surface area contributed by atoms with Gasteiger partial charge in [0.15, 0.2) is 0 Å². The zero-order valence-electron chi connectivity index (χ0n) is 17.6. The van der Waals surface area contributed by atoms with Crippen molar-refractivity contribution < 1.29 is 23.6 Å². The topological polar surface area (TPSA) is 133 Å². The average Bonchev–Trinajstić information content (AvgIpc) is 3.26. The number of carbonyl (C=O) groups is 2. The second-order valence-electron chi connectivity index (χ2n) is 8.24. The summed E-state index contributed by atoms with van der Waals surface area (Å²) in [5, 5.41) is 6.35. The first kappa shape index (κ1) is 21.4. The fourth-order valence-corrected chi connectivity index (χ4v) is 3.06. The van der Waals surface area contributed by atoms with E-state index in [1.54, 1.807) is 24.0 Å². The molecule has 3 rings (SSSR count). The molecule has 0 unspecified atom stereocenters. The molecule has 30 heavy (non-hydrogen) atoms. The summed E-state index contributed by atoms with van der Waals surface area (Å²) >= 11 is 0. The van der Waals surface area contributed by atoms with Gasteiger partial charge < -0.3 is 29.9 Å². The first-order valence-corrected chi connectivity index (χ1v) is 9.72. The van der Waals surface area contributed by atoms with E-state index in [0.29, 0.717) is 37.0 Å². The molecule has 0 aromatic carbocycles. The predicted octanol–water partition coefficient (Wildman–Crippen LogP) is 2.85. The van der Waals surface area contributed by atoms with Gasteiger partial charge in [-0.25, -0.2) is 9.78 Å². The van der Waals surface area contributed by atoms with Crippen molar-refractivity contribution in [3.05, 3.63) is 29.6 Å². The van der Waals surface area contributed by atoms with Crippen molar-refractivity contribution in [1.82, 2.24) is 15.0 Å². The number of aromatic nitrogens is 2. The van der Waals surface area contributed by atoms with Gasteiger partial charge in [-0.1, -0.05) is 5.16 Å². The third-order valence-corrected chi connectivity index (χ3v) is 4.51. The van der Waals surface area contributed by atoms with E-state index in [4.69, 9.17) is 19.7 Å². The number of nitrogen functional groups attached to an aromatic ring is 1. The van der Waals surface area contributed by atoms with Gasteiger partial charge in [0.05, 0.1) is 24.2 Å². The number of likely N-dealkylation sites (tertiary alicyclic amines) is 1. The van der Waals surface area contributed by atoms with Gasteiger partial charge in [0.1, 0.15) is 11.2 Å². The van der Waals surface area contributed by atoms with Crippen LogP contribution in [0.25, 0.3) is 0 Å². The lowest BCUT2D eigenvalue weighted by molar-refractivity contribution is 0.0284. The first-order valence-electron chi connectivity index (χ1n) is 9.72. The summed E-state index contributed by atoms with van der Waals surface area (Å²) in [6.45, 7) is 8.85. The van der Waals surface area contributed by atoms with Crippen LogP contribution in [0.2, 0.25) is 0 Å². The Morgan fingerprint density at radius 2 is 2.13 bits per heavy atom. The van der Waals surface area contributed by atoms with Crippen molar-refractivity contribution in [3.63, 3.8) is 0 Å². The molecule has 3 N–H and O–H groups in total. The molecule has 1 aliphatic heterocycles. The molecule has 1 atom stereocenters. The number of hydrogen-bond donors (Lipinski definition) is 2. The summed E-state index contributed by atoms with van der Waals surface area (Å²) in [5.74, 6) is 0.187. The molecule has 2 aromatic rings. The lowest BCUT2D eigenvalue weighted by Gasteiger charge is -2.24. The number of nitrogens with one attached hydrogen (secondary N) is 1. The van der Waals surface area contributed by atoms with Crippen LogP contribution in [0.15, 0.2) is 22.9 Å². The minimum absolute atomic E-state index is 0.0325. The third kappa shape index (κ3) is 5.40. The van der Waals surface area contributed by atoms with Gasteiger partial charge >= 0.3 is 6.09 Å².